The molecule has 3 amide bonds. The van der Waals surface area contributed by atoms with Crippen LogP contribution in [0.2, 0.25) is 0 Å². The second-order valence-electron chi connectivity index (χ2n) is 6.56. The van der Waals surface area contributed by atoms with Gasteiger partial charge in [0.05, 0.1) is 0 Å². The van der Waals surface area contributed by atoms with Gasteiger partial charge < -0.3 is 5.32 Å². The molecule has 0 spiro atoms. The molecular formula is C19H21N3O3. The minimum Gasteiger partial charge on any atom is -0.326 e. The molecule has 0 aliphatic rings. The summed E-state index contributed by atoms with van der Waals surface area (Å²) in [5.41, 5.74) is 5.45. The Bertz CT molecular complexity index is 780. The van der Waals surface area contributed by atoms with Gasteiger partial charge in [-0.05, 0) is 30.3 Å². The number of amides is 3. The molecule has 3 N–H and O–H groups in total. The van der Waals surface area contributed by atoms with E-state index in [0.717, 1.165) is 0 Å². The van der Waals surface area contributed by atoms with Crippen LogP contribution in [0.3, 0.4) is 0 Å². The molecule has 2 aromatic carbocycles. The Hall–Kier alpha value is -3.15. The van der Waals surface area contributed by atoms with Crippen molar-refractivity contribution in [3.05, 3.63) is 65.7 Å². The van der Waals surface area contributed by atoms with Crippen LogP contribution >= 0.6 is 0 Å². The Kier molecular flexibility index (Phi) is 5.54. The first-order valence-corrected chi connectivity index (χ1v) is 7.84. The lowest BCUT2D eigenvalue weighted by atomic mass is 9.95. The Morgan fingerprint density at radius 3 is 1.92 bits per heavy atom. The normalized spacial score (nSPS) is 10.7. The van der Waals surface area contributed by atoms with Gasteiger partial charge in [0.25, 0.3) is 11.8 Å². The van der Waals surface area contributed by atoms with Crippen molar-refractivity contribution in [1.82, 2.24) is 10.9 Å². The highest BCUT2D eigenvalue weighted by Gasteiger charge is 2.21. The number of hydrogen-bond donors (Lipinski definition) is 3. The third-order valence-corrected chi connectivity index (χ3v) is 3.39. The van der Waals surface area contributed by atoms with Crippen LogP contribution < -0.4 is 16.2 Å². The summed E-state index contributed by atoms with van der Waals surface area (Å²) in [7, 11) is 0. The van der Waals surface area contributed by atoms with Gasteiger partial charge in [-0.2, -0.15) is 0 Å². The van der Waals surface area contributed by atoms with Crippen molar-refractivity contribution in [3.8, 4) is 0 Å². The second-order valence-corrected chi connectivity index (χ2v) is 6.56. The van der Waals surface area contributed by atoms with Crippen LogP contribution in [0, 0.1) is 5.41 Å². The standard InChI is InChI=1S/C19H21N3O3/c1-19(2,3)18(25)20-15-11-7-10-14(12-15)17(24)22-21-16(23)13-8-5-4-6-9-13/h4-12H,1-3H3,(H,20,25)(H,21,23)(H,22,24). The zero-order valence-corrected chi connectivity index (χ0v) is 14.4. The largest absolute Gasteiger partial charge is 0.326 e. The number of rotatable bonds is 3. The van der Waals surface area contributed by atoms with Crippen LogP contribution in [-0.2, 0) is 4.79 Å². The molecule has 0 fully saturated rings. The van der Waals surface area contributed by atoms with Gasteiger partial charge in [0.1, 0.15) is 0 Å². The maximum atomic E-state index is 12.2. The van der Waals surface area contributed by atoms with E-state index in [2.05, 4.69) is 16.2 Å². The predicted molar refractivity (Wildman–Crippen MR) is 95.9 cm³/mol. The minimum atomic E-state index is -0.540. The van der Waals surface area contributed by atoms with E-state index in [-0.39, 0.29) is 5.91 Å². The van der Waals surface area contributed by atoms with E-state index in [1.54, 1.807) is 75.4 Å². The smallest absolute Gasteiger partial charge is 0.269 e. The molecule has 2 aromatic rings. The molecule has 2 rings (SSSR count). The van der Waals surface area contributed by atoms with Gasteiger partial charge >= 0.3 is 0 Å². The summed E-state index contributed by atoms with van der Waals surface area (Å²) >= 11 is 0. The molecule has 6 heteroatoms. The Labute approximate surface area is 146 Å². The number of hydrogen-bond acceptors (Lipinski definition) is 3. The van der Waals surface area contributed by atoms with Crippen LogP contribution in [-0.4, -0.2) is 17.7 Å². The summed E-state index contributed by atoms with van der Waals surface area (Å²) in [5, 5.41) is 2.76. The monoisotopic (exact) mass is 339 g/mol. The number of nitrogens with one attached hydrogen (secondary N) is 3. The summed E-state index contributed by atoms with van der Waals surface area (Å²) in [5.74, 6) is -1.04. The number of benzene rings is 2. The van der Waals surface area contributed by atoms with Crippen molar-refractivity contribution in [2.75, 3.05) is 5.32 Å². The van der Waals surface area contributed by atoms with Gasteiger partial charge in [0.2, 0.25) is 5.91 Å². The van der Waals surface area contributed by atoms with E-state index in [9.17, 15) is 14.4 Å². The third-order valence-electron chi connectivity index (χ3n) is 3.39. The van der Waals surface area contributed by atoms with Gasteiger partial charge in [-0.3, -0.25) is 25.2 Å². The fourth-order valence-corrected chi connectivity index (χ4v) is 1.90. The van der Waals surface area contributed by atoms with E-state index in [1.807, 2.05) is 0 Å². The third kappa shape index (κ3) is 5.17. The van der Waals surface area contributed by atoms with Crippen LogP contribution in [0.5, 0.6) is 0 Å². The molecule has 0 unspecified atom stereocenters. The van der Waals surface area contributed by atoms with Crippen LogP contribution in [0.15, 0.2) is 54.6 Å². The minimum absolute atomic E-state index is 0.151. The molecule has 0 radical (unpaired) electrons. The average molecular weight is 339 g/mol. The highest BCUT2D eigenvalue weighted by atomic mass is 16.2. The molecular weight excluding hydrogens is 318 g/mol. The van der Waals surface area contributed by atoms with Crippen LogP contribution in [0.25, 0.3) is 0 Å². The Balaban J connectivity index is 1.99. The molecule has 25 heavy (non-hydrogen) atoms. The summed E-state index contributed by atoms with van der Waals surface area (Å²) in [6.45, 7) is 5.41. The van der Waals surface area contributed by atoms with Crippen molar-refractivity contribution >= 4 is 23.4 Å². The van der Waals surface area contributed by atoms with Crippen molar-refractivity contribution in [2.45, 2.75) is 20.8 Å². The molecule has 0 aromatic heterocycles. The highest BCUT2D eigenvalue weighted by molar-refractivity contribution is 6.00. The molecule has 0 atom stereocenters. The molecule has 0 aliphatic heterocycles. The van der Waals surface area contributed by atoms with Gasteiger partial charge in [-0.25, -0.2) is 0 Å². The first-order chi connectivity index (χ1) is 11.8. The fourth-order valence-electron chi connectivity index (χ4n) is 1.90. The van der Waals surface area contributed by atoms with Gasteiger partial charge in [0, 0.05) is 22.2 Å². The lowest BCUT2D eigenvalue weighted by Crippen LogP contribution is -2.41. The summed E-state index contributed by atoms with van der Waals surface area (Å²) in [6, 6.07) is 15.1. The lowest BCUT2D eigenvalue weighted by Gasteiger charge is -2.18. The maximum Gasteiger partial charge on any atom is 0.269 e. The molecule has 6 nitrogen and oxygen atoms in total. The number of anilines is 1. The highest BCUT2D eigenvalue weighted by Crippen LogP contribution is 2.18. The predicted octanol–water partition coefficient (Wildman–Crippen LogP) is 2.75. The molecule has 0 heterocycles. The van der Waals surface area contributed by atoms with E-state index < -0.39 is 17.2 Å². The molecule has 130 valence electrons. The number of carbonyl (C=O) groups is 3. The second kappa shape index (κ2) is 7.61. The summed E-state index contributed by atoms with van der Waals surface area (Å²) in [4.78, 5) is 36.1. The van der Waals surface area contributed by atoms with E-state index in [0.29, 0.717) is 16.8 Å². The molecule has 0 saturated carbocycles. The number of carbonyl (C=O) groups excluding carboxylic acids is 3. The van der Waals surface area contributed by atoms with E-state index >= 15 is 0 Å². The van der Waals surface area contributed by atoms with Crippen molar-refractivity contribution < 1.29 is 14.4 Å². The topological polar surface area (TPSA) is 87.3 Å². The summed E-state index contributed by atoms with van der Waals surface area (Å²) in [6.07, 6.45) is 0. The van der Waals surface area contributed by atoms with Gasteiger partial charge in [-0.1, -0.05) is 45.0 Å². The van der Waals surface area contributed by atoms with Crippen molar-refractivity contribution in [3.63, 3.8) is 0 Å². The SMILES string of the molecule is CC(C)(C)C(=O)Nc1cccc(C(=O)NNC(=O)c2ccccc2)c1. The maximum absolute atomic E-state index is 12.2. The quantitative estimate of drug-likeness (QED) is 0.752. The lowest BCUT2D eigenvalue weighted by molar-refractivity contribution is -0.123. The Morgan fingerprint density at radius 1 is 0.760 bits per heavy atom. The molecule has 0 bridgehead atoms. The molecule has 0 aliphatic carbocycles. The van der Waals surface area contributed by atoms with Crippen LogP contribution in [0.4, 0.5) is 5.69 Å². The average Bonchev–Trinajstić information content (AvgIpc) is 2.59. The zero-order valence-electron chi connectivity index (χ0n) is 14.4. The van der Waals surface area contributed by atoms with Crippen molar-refractivity contribution in [1.29, 1.82) is 0 Å². The summed E-state index contributed by atoms with van der Waals surface area (Å²) < 4.78 is 0. The van der Waals surface area contributed by atoms with Crippen molar-refractivity contribution in [2.24, 2.45) is 5.41 Å². The fraction of sp³-hybridized carbons (Fsp3) is 0.211. The van der Waals surface area contributed by atoms with E-state index in [1.165, 1.54) is 0 Å². The Morgan fingerprint density at radius 2 is 1.32 bits per heavy atom. The molecule has 0 saturated heterocycles. The van der Waals surface area contributed by atoms with Gasteiger partial charge in [0.15, 0.2) is 0 Å². The first kappa shape index (κ1) is 18.2. The zero-order chi connectivity index (χ0) is 18.4. The first-order valence-electron chi connectivity index (χ1n) is 7.84. The number of hydrazine groups is 1. The van der Waals surface area contributed by atoms with E-state index in [4.69, 9.17) is 0 Å². The van der Waals surface area contributed by atoms with Gasteiger partial charge in [-0.15, -0.1) is 0 Å². The van der Waals surface area contributed by atoms with Crippen LogP contribution in [0.1, 0.15) is 41.5 Å².